The molecule has 0 spiro atoms. The predicted molar refractivity (Wildman–Crippen MR) is 166 cm³/mol. The van der Waals surface area contributed by atoms with Gasteiger partial charge in [0.05, 0.1) is 10.6 Å². The lowest BCUT2D eigenvalue weighted by atomic mass is 10.0. The fourth-order valence-electron chi connectivity index (χ4n) is 4.93. The van der Waals surface area contributed by atoms with E-state index in [4.69, 9.17) is 0 Å². The van der Waals surface area contributed by atoms with Crippen LogP contribution in [0.4, 0.5) is 5.69 Å². The largest absolute Gasteiger partial charge is 0.355 e. The maximum absolute atomic E-state index is 14.4. The number of benzene rings is 4. The van der Waals surface area contributed by atoms with E-state index in [1.165, 1.54) is 17.0 Å². The van der Waals surface area contributed by atoms with Gasteiger partial charge in [0, 0.05) is 19.5 Å². The molecule has 0 radical (unpaired) electrons. The minimum Gasteiger partial charge on any atom is -0.355 e. The van der Waals surface area contributed by atoms with Gasteiger partial charge in [-0.05, 0) is 55.7 Å². The summed E-state index contributed by atoms with van der Waals surface area (Å²) in [5.41, 5.74) is 3.87. The van der Waals surface area contributed by atoms with Crippen molar-refractivity contribution in [3.05, 3.63) is 131 Å². The fraction of sp³-hybridized carbons (Fsp3) is 0.235. The summed E-state index contributed by atoms with van der Waals surface area (Å²) in [5.74, 6) is -0.776. The lowest BCUT2D eigenvalue weighted by Gasteiger charge is -2.34. The quantitative estimate of drug-likeness (QED) is 0.246. The number of amides is 2. The van der Waals surface area contributed by atoms with Gasteiger partial charge in [0.25, 0.3) is 10.0 Å². The highest BCUT2D eigenvalue weighted by Gasteiger charge is 2.34. The minimum atomic E-state index is -4.11. The van der Waals surface area contributed by atoms with E-state index >= 15 is 0 Å². The van der Waals surface area contributed by atoms with Crippen LogP contribution in [0.15, 0.2) is 114 Å². The molecule has 0 saturated carbocycles. The van der Waals surface area contributed by atoms with Crippen LogP contribution in [0.3, 0.4) is 0 Å². The average Bonchev–Trinajstić information content (AvgIpc) is 2.99. The molecular weight excluding hydrogens is 546 g/mol. The van der Waals surface area contributed by atoms with Crippen LogP contribution < -0.4 is 9.62 Å². The molecule has 0 fully saturated rings. The summed E-state index contributed by atoms with van der Waals surface area (Å²) in [6, 6.07) is 31.6. The SMILES string of the molecule is CCNC(=O)[C@H](Cc1ccccc1)N(Cc1cccc(C)c1)C(=O)CN(c1ccccc1C)S(=O)(=O)c1ccccc1. The molecule has 0 aliphatic heterocycles. The number of likely N-dealkylation sites (N-methyl/N-ethyl adjacent to an activating group) is 1. The lowest BCUT2D eigenvalue weighted by Crippen LogP contribution is -2.53. The van der Waals surface area contributed by atoms with Crippen LogP contribution in [0.25, 0.3) is 0 Å². The first-order valence-corrected chi connectivity index (χ1v) is 15.4. The third kappa shape index (κ3) is 7.44. The number of rotatable bonds is 12. The van der Waals surface area contributed by atoms with Gasteiger partial charge in [-0.15, -0.1) is 0 Å². The van der Waals surface area contributed by atoms with Crippen molar-refractivity contribution in [2.24, 2.45) is 0 Å². The van der Waals surface area contributed by atoms with Gasteiger partial charge in [0.15, 0.2) is 0 Å². The van der Waals surface area contributed by atoms with Crippen molar-refractivity contribution in [1.29, 1.82) is 0 Å². The molecule has 42 heavy (non-hydrogen) atoms. The molecule has 1 atom stereocenters. The van der Waals surface area contributed by atoms with Gasteiger partial charge >= 0.3 is 0 Å². The topological polar surface area (TPSA) is 86.8 Å². The van der Waals surface area contributed by atoms with Crippen molar-refractivity contribution in [3.63, 3.8) is 0 Å². The molecule has 7 nitrogen and oxygen atoms in total. The molecule has 0 aromatic heterocycles. The molecule has 0 aliphatic carbocycles. The fourth-order valence-corrected chi connectivity index (χ4v) is 6.43. The molecule has 2 amide bonds. The number of sulfonamides is 1. The van der Waals surface area contributed by atoms with Gasteiger partial charge in [-0.3, -0.25) is 13.9 Å². The summed E-state index contributed by atoms with van der Waals surface area (Å²) in [6.45, 7) is 5.67. The van der Waals surface area contributed by atoms with E-state index in [0.29, 0.717) is 17.8 Å². The Morgan fingerprint density at radius 2 is 1.40 bits per heavy atom. The monoisotopic (exact) mass is 583 g/mol. The minimum absolute atomic E-state index is 0.0795. The Bertz CT molecular complexity index is 1610. The first-order chi connectivity index (χ1) is 20.2. The second kappa shape index (κ2) is 14.0. The Morgan fingerprint density at radius 1 is 0.786 bits per heavy atom. The van der Waals surface area contributed by atoms with Gasteiger partial charge in [-0.2, -0.15) is 0 Å². The zero-order valence-electron chi connectivity index (χ0n) is 24.2. The summed E-state index contributed by atoms with van der Waals surface area (Å²) >= 11 is 0. The van der Waals surface area contributed by atoms with Crippen LogP contribution in [0.1, 0.15) is 29.2 Å². The zero-order chi connectivity index (χ0) is 30.1. The van der Waals surface area contributed by atoms with Gasteiger partial charge in [0.1, 0.15) is 12.6 Å². The number of anilines is 1. The maximum Gasteiger partial charge on any atom is 0.264 e. The summed E-state index contributed by atoms with van der Waals surface area (Å²) in [7, 11) is -4.11. The number of nitrogens with zero attached hydrogens (tertiary/aromatic N) is 2. The van der Waals surface area contributed by atoms with Gasteiger partial charge in [-0.25, -0.2) is 8.42 Å². The Morgan fingerprint density at radius 3 is 2.05 bits per heavy atom. The molecule has 0 saturated heterocycles. The maximum atomic E-state index is 14.4. The van der Waals surface area contributed by atoms with Crippen LogP contribution in [-0.2, 0) is 32.6 Å². The lowest BCUT2D eigenvalue weighted by molar-refractivity contribution is -0.140. The molecule has 4 aromatic rings. The highest BCUT2D eigenvalue weighted by Crippen LogP contribution is 2.27. The molecule has 0 aliphatic rings. The summed E-state index contributed by atoms with van der Waals surface area (Å²) in [5, 5.41) is 2.88. The normalized spacial score (nSPS) is 11.9. The third-order valence-electron chi connectivity index (χ3n) is 7.05. The first-order valence-electron chi connectivity index (χ1n) is 14.0. The van der Waals surface area contributed by atoms with Crippen LogP contribution in [-0.4, -0.2) is 44.3 Å². The molecule has 218 valence electrons. The average molecular weight is 584 g/mol. The molecule has 4 rings (SSSR count). The van der Waals surface area contributed by atoms with Crippen molar-refractivity contribution in [1.82, 2.24) is 10.2 Å². The highest BCUT2D eigenvalue weighted by molar-refractivity contribution is 7.92. The standard InChI is InChI=1S/C34H37N3O4S/c1-4-35-34(39)32(23-28-16-7-5-8-17-28)36(24-29-18-13-14-26(2)22-29)33(38)25-37(31-21-12-11-15-27(31)3)42(40,41)30-19-9-6-10-20-30/h5-22,32H,4,23-25H2,1-3H3,(H,35,39)/t32-/m0/s1. The van der Waals surface area contributed by atoms with Crippen LogP contribution in [0, 0.1) is 13.8 Å². The number of nitrogens with one attached hydrogen (secondary N) is 1. The first kappa shape index (κ1) is 30.5. The Labute approximate surface area is 248 Å². The molecule has 0 heterocycles. The summed E-state index contributed by atoms with van der Waals surface area (Å²) < 4.78 is 29.2. The van der Waals surface area contributed by atoms with E-state index in [1.807, 2.05) is 87.5 Å². The molecule has 0 unspecified atom stereocenters. The highest BCUT2D eigenvalue weighted by atomic mass is 32.2. The molecule has 4 aromatic carbocycles. The number of aryl methyl sites for hydroxylation is 2. The second-order valence-corrected chi connectivity index (χ2v) is 12.1. The van der Waals surface area contributed by atoms with E-state index in [0.717, 1.165) is 21.0 Å². The van der Waals surface area contributed by atoms with Crippen LogP contribution in [0.2, 0.25) is 0 Å². The zero-order valence-corrected chi connectivity index (χ0v) is 25.1. The van der Waals surface area contributed by atoms with Crippen molar-refractivity contribution in [2.75, 3.05) is 17.4 Å². The van der Waals surface area contributed by atoms with Crippen molar-refractivity contribution in [2.45, 2.75) is 44.7 Å². The number of carbonyl (C=O) groups excluding carboxylic acids is 2. The van der Waals surface area contributed by atoms with E-state index in [-0.39, 0.29) is 23.8 Å². The number of para-hydroxylation sites is 1. The van der Waals surface area contributed by atoms with Gasteiger partial charge in [-0.1, -0.05) is 96.6 Å². The predicted octanol–water partition coefficient (Wildman–Crippen LogP) is 5.27. The summed E-state index contributed by atoms with van der Waals surface area (Å²) in [4.78, 5) is 29.5. The molecule has 8 heteroatoms. The molecule has 0 bridgehead atoms. The number of hydrogen-bond donors (Lipinski definition) is 1. The smallest absolute Gasteiger partial charge is 0.264 e. The van der Waals surface area contributed by atoms with Gasteiger partial charge in [0.2, 0.25) is 11.8 Å². The Kier molecular flexibility index (Phi) is 10.1. The van der Waals surface area contributed by atoms with E-state index in [1.54, 1.807) is 30.3 Å². The third-order valence-corrected chi connectivity index (χ3v) is 8.83. The van der Waals surface area contributed by atoms with Crippen molar-refractivity contribution < 1.29 is 18.0 Å². The van der Waals surface area contributed by atoms with E-state index < -0.39 is 28.5 Å². The van der Waals surface area contributed by atoms with Crippen molar-refractivity contribution in [3.8, 4) is 0 Å². The van der Waals surface area contributed by atoms with Crippen LogP contribution in [0.5, 0.6) is 0 Å². The van der Waals surface area contributed by atoms with E-state index in [9.17, 15) is 18.0 Å². The summed E-state index contributed by atoms with van der Waals surface area (Å²) in [6.07, 6.45) is 0.278. The second-order valence-electron chi connectivity index (χ2n) is 10.2. The molecular formula is C34H37N3O4S. The number of hydrogen-bond acceptors (Lipinski definition) is 4. The molecule has 1 N–H and O–H groups in total. The Hall–Kier alpha value is -4.43. The Balaban J connectivity index is 1.80. The van der Waals surface area contributed by atoms with Crippen LogP contribution >= 0.6 is 0 Å². The number of carbonyl (C=O) groups is 2. The van der Waals surface area contributed by atoms with Crippen molar-refractivity contribution >= 4 is 27.5 Å². The van der Waals surface area contributed by atoms with Gasteiger partial charge < -0.3 is 10.2 Å². The van der Waals surface area contributed by atoms with E-state index in [2.05, 4.69) is 5.32 Å².